The van der Waals surface area contributed by atoms with Crippen LogP contribution in [0.4, 0.5) is 0 Å². The molecule has 3 aliphatic rings. The Morgan fingerprint density at radius 1 is 1.25 bits per heavy atom. The van der Waals surface area contributed by atoms with Crippen molar-refractivity contribution in [3.05, 3.63) is 11.7 Å². The van der Waals surface area contributed by atoms with Gasteiger partial charge in [-0.05, 0) is 58.2 Å². The molecule has 1 N–H and O–H groups in total. The average Bonchev–Trinajstić information content (AvgIpc) is 3.14. The molecule has 2 bridgehead atoms. The summed E-state index contributed by atoms with van der Waals surface area (Å²) in [5.41, 5.74) is 0. The van der Waals surface area contributed by atoms with E-state index in [4.69, 9.17) is 9.51 Å². The van der Waals surface area contributed by atoms with Crippen LogP contribution in [0.1, 0.15) is 49.7 Å². The summed E-state index contributed by atoms with van der Waals surface area (Å²) in [7, 11) is 2.27. The van der Waals surface area contributed by atoms with E-state index in [1.54, 1.807) is 0 Å². The number of nitrogens with zero attached hydrogens (tertiary/aromatic N) is 3. The van der Waals surface area contributed by atoms with Crippen molar-refractivity contribution < 1.29 is 4.52 Å². The van der Waals surface area contributed by atoms with Crippen LogP contribution in [0, 0.1) is 5.92 Å². The Hall–Kier alpha value is -0.940. The molecule has 0 radical (unpaired) electrons. The van der Waals surface area contributed by atoms with Crippen LogP contribution in [-0.2, 0) is 6.42 Å². The smallest absolute Gasteiger partial charge is 0.226 e. The molecule has 0 amide bonds. The standard InChI is InChI=1S/C15H24N4O/c1-19-12-2-3-13(19)8-11(7-12)15-17-14(20-18-15)6-10-4-5-16-9-10/h10-13,16H,2-9H2,1H3. The number of nitrogens with one attached hydrogen (secondary N) is 1. The molecule has 1 aromatic heterocycles. The van der Waals surface area contributed by atoms with Crippen LogP contribution >= 0.6 is 0 Å². The van der Waals surface area contributed by atoms with Gasteiger partial charge in [0.05, 0.1) is 0 Å². The highest BCUT2D eigenvalue weighted by molar-refractivity contribution is 5.05. The van der Waals surface area contributed by atoms with Crippen LogP contribution in [-0.4, -0.2) is 47.3 Å². The zero-order valence-electron chi connectivity index (χ0n) is 12.2. The third kappa shape index (κ3) is 2.27. The third-order valence-corrected chi connectivity index (χ3v) is 5.57. The summed E-state index contributed by atoms with van der Waals surface area (Å²) < 4.78 is 5.50. The van der Waals surface area contributed by atoms with Crippen molar-refractivity contribution >= 4 is 0 Å². The van der Waals surface area contributed by atoms with Crippen molar-refractivity contribution in [3.8, 4) is 0 Å². The molecule has 3 atom stereocenters. The highest BCUT2D eigenvalue weighted by Gasteiger charge is 2.40. The van der Waals surface area contributed by atoms with Crippen molar-refractivity contribution in [1.82, 2.24) is 20.4 Å². The topological polar surface area (TPSA) is 54.2 Å². The van der Waals surface area contributed by atoms with E-state index < -0.39 is 0 Å². The van der Waals surface area contributed by atoms with E-state index in [0.717, 1.165) is 43.3 Å². The Kier molecular flexibility index (Phi) is 3.27. The molecule has 0 saturated carbocycles. The van der Waals surface area contributed by atoms with Crippen LogP contribution in [0.5, 0.6) is 0 Å². The molecule has 4 heterocycles. The number of hydrogen-bond acceptors (Lipinski definition) is 5. The third-order valence-electron chi connectivity index (χ3n) is 5.57. The molecule has 0 aliphatic carbocycles. The Morgan fingerprint density at radius 2 is 2.05 bits per heavy atom. The van der Waals surface area contributed by atoms with Gasteiger partial charge in [0.25, 0.3) is 0 Å². The summed E-state index contributed by atoms with van der Waals surface area (Å²) in [4.78, 5) is 7.25. The van der Waals surface area contributed by atoms with Gasteiger partial charge in [-0.25, -0.2) is 0 Å². The molecule has 4 rings (SSSR count). The Labute approximate surface area is 120 Å². The number of fused-ring (bicyclic) bond motifs is 2. The lowest BCUT2D eigenvalue weighted by Crippen LogP contribution is -2.39. The molecule has 3 aliphatic heterocycles. The van der Waals surface area contributed by atoms with Gasteiger partial charge in [0.15, 0.2) is 5.82 Å². The normalized spacial score (nSPS) is 37.6. The second-order valence-electron chi connectivity index (χ2n) is 6.83. The lowest BCUT2D eigenvalue weighted by atomic mass is 9.90. The highest BCUT2D eigenvalue weighted by atomic mass is 16.5. The summed E-state index contributed by atoms with van der Waals surface area (Å²) >= 11 is 0. The van der Waals surface area contributed by atoms with Crippen LogP contribution in [0.15, 0.2) is 4.52 Å². The molecule has 0 spiro atoms. The minimum absolute atomic E-state index is 0.517. The quantitative estimate of drug-likeness (QED) is 0.908. The monoisotopic (exact) mass is 276 g/mol. The van der Waals surface area contributed by atoms with E-state index >= 15 is 0 Å². The first-order valence-corrected chi connectivity index (χ1v) is 8.04. The maximum atomic E-state index is 5.50. The molecule has 20 heavy (non-hydrogen) atoms. The van der Waals surface area contributed by atoms with Crippen molar-refractivity contribution in [2.75, 3.05) is 20.1 Å². The van der Waals surface area contributed by atoms with Crippen molar-refractivity contribution in [2.24, 2.45) is 5.92 Å². The summed E-state index contributed by atoms with van der Waals surface area (Å²) in [6.07, 6.45) is 7.27. The Bertz CT molecular complexity index is 454. The van der Waals surface area contributed by atoms with Gasteiger partial charge in [-0.1, -0.05) is 5.16 Å². The molecule has 110 valence electrons. The van der Waals surface area contributed by atoms with E-state index in [-0.39, 0.29) is 0 Å². The first-order valence-electron chi connectivity index (χ1n) is 8.04. The van der Waals surface area contributed by atoms with Gasteiger partial charge in [0.2, 0.25) is 5.89 Å². The van der Waals surface area contributed by atoms with Crippen molar-refractivity contribution in [1.29, 1.82) is 0 Å². The summed E-state index contributed by atoms with van der Waals surface area (Å²) in [6.45, 7) is 2.22. The summed E-state index contributed by atoms with van der Waals surface area (Å²) in [6, 6.07) is 1.47. The lowest BCUT2D eigenvalue weighted by Gasteiger charge is -2.34. The Balaban J connectivity index is 1.43. The number of hydrogen-bond donors (Lipinski definition) is 1. The van der Waals surface area contributed by atoms with E-state index in [0.29, 0.717) is 11.8 Å². The van der Waals surface area contributed by atoms with E-state index in [9.17, 15) is 0 Å². The van der Waals surface area contributed by atoms with Gasteiger partial charge in [-0.15, -0.1) is 0 Å². The van der Waals surface area contributed by atoms with Gasteiger partial charge in [-0.3, -0.25) is 0 Å². The van der Waals surface area contributed by atoms with Crippen LogP contribution < -0.4 is 5.32 Å². The molecular weight excluding hydrogens is 252 g/mol. The SMILES string of the molecule is CN1C2CCC1CC(c1noc(CC3CCNC3)n1)C2. The highest BCUT2D eigenvalue weighted by Crippen LogP contribution is 2.41. The van der Waals surface area contributed by atoms with Crippen molar-refractivity contribution in [3.63, 3.8) is 0 Å². The van der Waals surface area contributed by atoms with Gasteiger partial charge in [0, 0.05) is 24.4 Å². The second kappa shape index (κ2) is 5.11. The second-order valence-corrected chi connectivity index (χ2v) is 6.83. The maximum Gasteiger partial charge on any atom is 0.226 e. The minimum atomic E-state index is 0.517. The van der Waals surface area contributed by atoms with Gasteiger partial charge in [-0.2, -0.15) is 4.98 Å². The first-order chi connectivity index (χ1) is 9.79. The van der Waals surface area contributed by atoms with Gasteiger partial charge < -0.3 is 14.7 Å². The van der Waals surface area contributed by atoms with Crippen LogP contribution in [0.25, 0.3) is 0 Å². The number of piperidine rings is 1. The molecule has 1 aromatic rings. The van der Waals surface area contributed by atoms with Crippen LogP contribution in [0.3, 0.4) is 0 Å². The maximum absolute atomic E-state index is 5.50. The predicted molar refractivity (Wildman–Crippen MR) is 75.5 cm³/mol. The molecular formula is C15H24N4O. The molecule has 3 fully saturated rings. The zero-order chi connectivity index (χ0) is 13.5. The van der Waals surface area contributed by atoms with Gasteiger partial charge >= 0.3 is 0 Å². The van der Waals surface area contributed by atoms with E-state index in [2.05, 4.69) is 22.4 Å². The largest absolute Gasteiger partial charge is 0.339 e. The van der Waals surface area contributed by atoms with Crippen molar-refractivity contribution in [2.45, 2.75) is 56.5 Å². The fraction of sp³-hybridized carbons (Fsp3) is 0.867. The fourth-order valence-electron chi connectivity index (χ4n) is 4.27. The summed E-state index contributed by atoms with van der Waals surface area (Å²) in [5, 5.41) is 7.67. The zero-order valence-corrected chi connectivity index (χ0v) is 12.2. The predicted octanol–water partition coefficient (Wildman–Crippen LogP) is 1.56. The number of rotatable bonds is 3. The average molecular weight is 276 g/mol. The Morgan fingerprint density at radius 3 is 2.75 bits per heavy atom. The minimum Gasteiger partial charge on any atom is -0.339 e. The first kappa shape index (κ1) is 12.8. The molecule has 5 nitrogen and oxygen atoms in total. The fourth-order valence-corrected chi connectivity index (χ4v) is 4.27. The molecule has 3 unspecified atom stereocenters. The molecule has 3 saturated heterocycles. The molecule has 5 heteroatoms. The lowest BCUT2D eigenvalue weighted by molar-refractivity contribution is 0.157. The van der Waals surface area contributed by atoms with E-state index in [1.165, 1.54) is 32.1 Å². The van der Waals surface area contributed by atoms with Gasteiger partial charge in [0.1, 0.15) is 0 Å². The summed E-state index contributed by atoms with van der Waals surface area (Å²) in [5.74, 6) is 3.01. The number of aromatic nitrogens is 2. The van der Waals surface area contributed by atoms with Crippen LogP contribution in [0.2, 0.25) is 0 Å². The molecule has 0 aromatic carbocycles. The van der Waals surface area contributed by atoms with E-state index in [1.807, 2.05) is 0 Å².